The predicted octanol–water partition coefficient (Wildman–Crippen LogP) is 2.06. The van der Waals surface area contributed by atoms with Gasteiger partial charge in [-0.05, 0) is 18.6 Å². The molecule has 0 aliphatic heterocycles. The van der Waals surface area contributed by atoms with Crippen LogP contribution in [0.2, 0.25) is 0 Å². The lowest BCUT2D eigenvalue weighted by molar-refractivity contribution is -0.385. The van der Waals surface area contributed by atoms with Gasteiger partial charge in [-0.3, -0.25) is 10.1 Å². The topological polar surface area (TPSA) is 66.9 Å². The van der Waals surface area contributed by atoms with Crippen LogP contribution in [-0.4, -0.2) is 4.92 Å². The highest BCUT2D eigenvalue weighted by atomic mass is 32.1. The lowest BCUT2D eigenvalue weighted by Crippen LogP contribution is -1.93. The maximum atomic E-state index is 10.5. The third-order valence-electron chi connectivity index (χ3n) is 1.63. The molecule has 0 saturated carbocycles. The molecule has 0 amide bonds. The lowest BCUT2D eigenvalue weighted by Gasteiger charge is -1.99. The Balaban J connectivity index is 3.44. The van der Waals surface area contributed by atoms with E-state index in [1.54, 1.807) is 13.0 Å². The van der Waals surface area contributed by atoms with Crippen LogP contribution in [0, 0.1) is 28.4 Å². The minimum Gasteiger partial charge on any atom is -0.258 e. The van der Waals surface area contributed by atoms with Crippen molar-refractivity contribution >= 4 is 18.3 Å². The van der Waals surface area contributed by atoms with Crippen molar-refractivity contribution in [1.29, 1.82) is 5.26 Å². The zero-order valence-electron chi connectivity index (χ0n) is 6.81. The van der Waals surface area contributed by atoms with E-state index in [1.807, 2.05) is 0 Å². The normalized spacial score (nSPS) is 9.31. The van der Waals surface area contributed by atoms with Gasteiger partial charge >= 0.3 is 0 Å². The molecular formula is C8H6N2O2S. The van der Waals surface area contributed by atoms with Crippen LogP contribution in [-0.2, 0) is 0 Å². The van der Waals surface area contributed by atoms with Crippen molar-refractivity contribution < 1.29 is 4.92 Å². The van der Waals surface area contributed by atoms with Gasteiger partial charge in [-0.1, -0.05) is 0 Å². The van der Waals surface area contributed by atoms with E-state index in [9.17, 15) is 10.1 Å². The highest BCUT2D eigenvalue weighted by molar-refractivity contribution is 7.80. The third-order valence-corrected chi connectivity index (χ3v) is 2.11. The Morgan fingerprint density at radius 2 is 2.23 bits per heavy atom. The van der Waals surface area contributed by atoms with E-state index in [0.717, 1.165) is 5.56 Å². The first-order chi connectivity index (χ1) is 6.06. The van der Waals surface area contributed by atoms with Gasteiger partial charge in [0.2, 0.25) is 0 Å². The standard InChI is InChI=1S/C8H6N2O2S/c1-5-2-6(4-9)7(10(11)12)3-8(5)13/h2-3,13H,1H3. The van der Waals surface area contributed by atoms with Gasteiger partial charge < -0.3 is 0 Å². The summed E-state index contributed by atoms with van der Waals surface area (Å²) in [5.41, 5.74) is 0.629. The number of hydrogen-bond acceptors (Lipinski definition) is 4. The number of hydrogen-bond donors (Lipinski definition) is 1. The van der Waals surface area contributed by atoms with Crippen LogP contribution in [0.5, 0.6) is 0 Å². The number of thiol groups is 1. The molecule has 0 spiro atoms. The van der Waals surface area contributed by atoms with Crippen molar-refractivity contribution in [3.05, 3.63) is 33.4 Å². The molecule has 0 atom stereocenters. The first-order valence-corrected chi connectivity index (χ1v) is 3.89. The zero-order chi connectivity index (χ0) is 10.0. The molecule has 4 nitrogen and oxygen atoms in total. The van der Waals surface area contributed by atoms with Crippen LogP contribution >= 0.6 is 12.6 Å². The van der Waals surface area contributed by atoms with Crippen LogP contribution < -0.4 is 0 Å². The van der Waals surface area contributed by atoms with Crippen molar-refractivity contribution in [2.75, 3.05) is 0 Å². The van der Waals surface area contributed by atoms with Crippen molar-refractivity contribution in [2.24, 2.45) is 0 Å². The van der Waals surface area contributed by atoms with Gasteiger partial charge in [0, 0.05) is 11.0 Å². The minimum absolute atomic E-state index is 0.0697. The van der Waals surface area contributed by atoms with E-state index in [4.69, 9.17) is 5.26 Å². The third kappa shape index (κ3) is 1.79. The van der Waals surface area contributed by atoms with E-state index >= 15 is 0 Å². The summed E-state index contributed by atoms with van der Waals surface area (Å²) in [4.78, 5) is 10.4. The summed E-state index contributed by atoms with van der Waals surface area (Å²) in [6.45, 7) is 1.74. The molecule has 0 saturated heterocycles. The molecule has 0 radical (unpaired) electrons. The van der Waals surface area contributed by atoms with E-state index in [2.05, 4.69) is 12.6 Å². The smallest absolute Gasteiger partial charge is 0.258 e. The monoisotopic (exact) mass is 194 g/mol. The molecule has 13 heavy (non-hydrogen) atoms. The Hall–Kier alpha value is -1.54. The molecule has 0 fully saturated rings. The number of nitrogens with zero attached hydrogens (tertiary/aromatic N) is 2. The fourth-order valence-corrected chi connectivity index (χ4v) is 1.11. The van der Waals surface area contributed by atoms with Gasteiger partial charge in [0.1, 0.15) is 11.6 Å². The van der Waals surface area contributed by atoms with Gasteiger partial charge in [0.25, 0.3) is 5.69 Å². The van der Waals surface area contributed by atoms with Crippen molar-refractivity contribution in [1.82, 2.24) is 0 Å². The summed E-state index contributed by atoms with van der Waals surface area (Å²) in [5.74, 6) is 0. The minimum atomic E-state index is -0.586. The molecule has 0 bridgehead atoms. The second-order valence-corrected chi connectivity index (χ2v) is 3.01. The van der Waals surface area contributed by atoms with Gasteiger partial charge in [-0.15, -0.1) is 12.6 Å². The first-order valence-electron chi connectivity index (χ1n) is 3.44. The second kappa shape index (κ2) is 3.46. The molecule has 1 aromatic rings. The SMILES string of the molecule is Cc1cc(C#N)c([N+](=O)[O-])cc1S. The average molecular weight is 194 g/mol. The fourth-order valence-electron chi connectivity index (χ4n) is 0.926. The molecule has 0 heterocycles. The summed E-state index contributed by atoms with van der Waals surface area (Å²) in [6.07, 6.45) is 0. The van der Waals surface area contributed by atoms with E-state index in [0.29, 0.717) is 4.90 Å². The molecule has 5 heteroatoms. The van der Waals surface area contributed by atoms with Gasteiger partial charge in [-0.25, -0.2) is 0 Å². The van der Waals surface area contributed by atoms with Crippen LogP contribution in [0.1, 0.15) is 11.1 Å². The maximum absolute atomic E-state index is 10.5. The molecule has 0 aromatic heterocycles. The van der Waals surface area contributed by atoms with Gasteiger partial charge in [0.05, 0.1) is 4.92 Å². The summed E-state index contributed by atoms with van der Waals surface area (Å²) in [5, 5.41) is 19.1. The number of nitro groups is 1. The molecule has 1 rings (SSSR count). The number of rotatable bonds is 1. The molecule has 0 aliphatic rings. The lowest BCUT2D eigenvalue weighted by atomic mass is 10.1. The fraction of sp³-hybridized carbons (Fsp3) is 0.125. The van der Waals surface area contributed by atoms with E-state index < -0.39 is 4.92 Å². The van der Waals surface area contributed by atoms with Crippen LogP contribution in [0.3, 0.4) is 0 Å². The number of aryl methyl sites for hydroxylation is 1. The molecule has 1 aromatic carbocycles. The van der Waals surface area contributed by atoms with Gasteiger partial charge in [0.15, 0.2) is 0 Å². The Kier molecular flexibility index (Phi) is 2.54. The number of nitriles is 1. The van der Waals surface area contributed by atoms with E-state index in [-0.39, 0.29) is 11.3 Å². The highest BCUT2D eigenvalue weighted by Crippen LogP contribution is 2.24. The Morgan fingerprint density at radius 3 is 2.69 bits per heavy atom. The zero-order valence-corrected chi connectivity index (χ0v) is 7.71. The quantitative estimate of drug-likeness (QED) is 0.422. The molecule has 0 aliphatic carbocycles. The first kappa shape index (κ1) is 9.55. The summed E-state index contributed by atoms with van der Waals surface area (Å²) < 4.78 is 0. The molecule has 66 valence electrons. The Labute approximate surface area is 80.4 Å². The number of benzene rings is 1. The predicted molar refractivity (Wildman–Crippen MR) is 49.8 cm³/mol. The molecule has 0 unspecified atom stereocenters. The van der Waals surface area contributed by atoms with Crippen LogP contribution in [0.15, 0.2) is 17.0 Å². The van der Waals surface area contributed by atoms with Gasteiger partial charge in [-0.2, -0.15) is 5.26 Å². The largest absolute Gasteiger partial charge is 0.288 e. The molecule has 0 N–H and O–H groups in total. The Morgan fingerprint density at radius 1 is 1.62 bits per heavy atom. The number of nitro benzene ring substituents is 1. The Bertz CT molecular complexity index is 409. The van der Waals surface area contributed by atoms with Crippen LogP contribution in [0.4, 0.5) is 5.69 Å². The summed E-state index contributed by atoms with van der Waals surface area (Å²) in [6, 6.07) is 4.52. The van der Waals surface area contributed by atoms with Crippen molar-refractivity contribution in [3.8, 4) is 6.07 Å². The van der Waals surface area contributed by atoms with Crippen molar-refractivity contribution in [2.45, 2.75) is 11.8 Å². The highest BCUT2D eigenvalue weighted by Gasteiger charge is 2.14. The average Bonchev–Trinajstić information content (AvgIpc) is 2.08. The van der Waals surface area contributed by atoms with E-state index in [1.165, 1.54) is 12.1 Å². The summed E-state index contributed by atoms with van der Waals surface area (Å²) >= 11 is 4.03. The van der Waals surface area contributed by atoms with Crippen LogP contribution in [0.25, 0.3) is 0 Å². The molecular weight excluding hydrogens is 188 g/mol. The summed E-state index contributed by atoms with van der Waals surface area (Å²) in [7, 11) is 0. The van der Waals surface area contributed by atoms with Crippen molar-refractivity contribution in [3.63, 3.8) is 0 Å². The maximum Gasteiger partial charge on any atom is 0.288 e. The second-order valence-electron chi connectivity index (χ2n) is 2.52.